The first-order valence-electron chi connectivity index (χ1n) is 7.10. The fourth-order valence-corrected chi connectivity index (χ4v) is 2.54. The Labute approximate surface area is 154 Å². The van der Waals surface area contributed by atoms with E-state index in [2.05, 4.69) is 5.32 Å². The van der Waals surface area contributed by atoms with Crippen LogP contribution in [0.25, 0.3) is 0 Å². The molecule has 0 bridgehead atoms. The summed E-state index contributed by atoms with van der Waals surface area (Å²) in [5, 5.41) is 13.9. The van der Waals surface area contributed by atoms with Gasteiger partial charge in [-0.15, -0.1) is 0 Å². The number of methoxy groups -OCH3 is 1. The molecule has 0 aliphatic carbocycles. The number of non-ortho nitro benzene ring substituents is 1. The summed E-state index contributed by atoms with van der Waals surface area (Å²) in [6, 6.07) is 8.52. The summed E-state index contributed by atoms with van der Waals surface area (Å²) in [5.41, 5.74) is 0.865. The van der Waals surface area contributed by atoms with E-state index in [-0.39, 0.29) is 22.9 Å². The van der Waals surface area contributed by atoms with Crippen molar-refractivity contribution in [2.24, 2.45) is 0 Å². The van der Waals surface area contributed by atoms with Crippen LogP contribution in [0.1, 0.15) is 5.56 Å². The summed E-state index contributed by atoms with van der Waals surface area (Å²) in [6.45, 7) is 0.250. The molecule has 0 saturated heterocycles. The number of carbonyl (C=O) groups excluding carboxylic acids is 1. The van der Waals surface area contributed by atoms with Gasteiger partial charge in [0.25, 0.3) is 5.69 Å². The molecule has 7 nitrogen and oxygen atoms in total. The summed E-state index contributed by atoms with van der Waals surface area (Å²) in [7, 11) is 3.12. The van der Waals surface area contributed by atoms with Crippen molar-refractivity contribution in [2.75, 3.05) is 19.5 Å². The van der Waals surface area contributed by atoms with Crippen molar-refractivity contribution >= 4 is 40.6 Å². The Morgan fingerprint density at radius 3 is 2.60 bits per heavy atom. The van der Waals surface area contributed by atoms with Gasteiger partial charge in [0.05, 0.1) is 29.3 Å². The molecule has 2 amide bonds. The van der Waals surface area contributed by atoms with E-state index in [0.717, 1.165) is 5.56 Å². The molecule has 0 aliphatic heterocycles. The van der Waals surface area contributed by atoms with Gasteiger partial charge >= 0.3 is 6.03 Å². The average Bonchev–Trinajstić information content (AvgIpc) is 2.56. The highest BCUT2D eigenvalue weighted by atomic mass is 35.5. The number of urea groups is 1. The monoisotopic (exact) mass is 383 g/mol. The first kappa shape index (κ1) is 18.8. The lowest BCUT2D eigenvalue weighted by atomic mass is 10.2. The second-order valence-corrected chi connectivity index (χ2v) is 6.01. The normalized spacial score (nSPS) is 10.2. The maximum atomic E-state index is 12.3. The fraction of sp³-hybridized carbons (Fsp3) is 0.188. The zero-order valence-corrected chi connectivity index (χ0v) is 15.0. The van der Waals surface area contributed by atoms with Crippen molar-refractivity contribution < 1.29 is 14.5 Å². The van der Waals surface area contributed by atoms with Crippen molar-refractivity contribution in [3.8, 4) is 5.75 Å². The number of anilines is 1. The third-order valence-electron chi connectivity index (χ3n) is 3.40. The van der Waals surface area contributed by atoms with E-state index in [4.69, 9.17) is 27.9 Å². The first-order chi connectivity index (χ1) is 11.8. The van der Waals surface area contributed by atoms with Crippen LogP contribution < -0.4 is 10.1 Å². The quantitative estimate of drug-likeness (QED) is 0.604. The number of halogens is 2. The van der Waals surface area contributed by atoms with Crippen LogP contribution in [0, 0.1) is 10.1 Å². The van der Waals surface area contributed by atoms with Crippen molar-refractivity contribution in [3.05, 3.63) is 62.1 Å². The number of nitrogens with zero attached hydrogens (tertiary/aromatic N) is 2. The van der Waals surface area contributed by atoms with Gasteiger partial charge in [0, 0.05) is 29.8 Å². The summed E-state index contributed by atoms with van der Waals surface area (Å²) in [5.74, 6) is 0.609. The Morgan fingerprint density at radius 1 is 1.28 bits per heavy atom. The smallest absolute Gasteiger partial charge is 0.321 e. The van der Waals surface area contributed by atoms with Gasteiger partial charge in [-0.25, -0.2) is 4.79 Å². The van der Waals surface area contributed by atoms with Crippen LogP contribution in [0.4, 0.5) is 16.2 Å². The summed E-state index contributed by atoms with van der Waals surface area (Å²) in [4.78, 5) is 23.9. The Morgan fingerprint density at radius 2 is 2.00 bits per heavy atom. The molecule has 2 aromatic rings. The highest BCUT2D eigenvalue weighted by Gasteiger charge is 2.15. The van der Waals surface area contributed by atoms with E-state index in [1.807, 2.05) is 0 Å². The van der Waals surface area contributed by atoms with Crippen molar-refractivity contribution in [3.63, 3.8) is 0 Å². The molecule has 2 aromatic carbocycles. The van der Waals surface area contributed by atoms with Crippen LogP contribution in [0.5, 0.6) is 5.75 Å². The van der Waals surface area contributed by atoms with E-state index in [1.54, 1.807) is 25.2 Å². The highest BCUT2D eigenvalue weighted by Crippen LogP contribution is 2.27. The Bertz CT molecular complexity index is 814. The Hall–Kier alpha value is -2.51. The lowest BCUT2D eigenvalue weighted by Gasteiger charge is -2.20. The second-order valence-electron chi connectivity index (χ2n) is 5.16. The summed E-state index contributed by atoms with van der Waals surface area (Å²) >= 11 is 12.0. The summed E-state index contributed by atoms with van der Waals surface area (Å²) < 4.78 is 5.25. The Kier molecular flexibility index (Phi) is 6.06. The number of nitrogens with one attached hydrogen (secondary N) is 1. The SMILES string of the molecule is COc1ccc(Cl)cc1CN(C)C(=O)Nc1ccc([N+](=O)[O-])cc1Cl. The average molecular weight is 384 g/mol. The van der Waals surface area contributed by atoms with E-state index in [9.17, 15) is 14.9 Å². The molecule has 0 spiro atoms. The number of hydrogen-bond acceptors (Lipinski definition) is 4. The predicted molar refractivity (Wildman–Crippen MR) is 96.6 cm³/mol. The molecular weight excluding hydrogens is 369 g/mol. The van der Waals surface area contributed by atoms with Crippen molar-refractivity contribution in [1.29, 1.82) is 0 Å². The zero-order chi connectivity index (χ0) is 18.6. The van der Waals surface area contributed by atoms with Gasteiger partial charge in [-0.2, -0.15) is 0 Å². The lowest BCUT2D eigenvalue weighted by Crippen LogP contribution is -2.31. The van der Waals surface area contributed by atoms with Crippen molar-refractivity contribution in [2.45, 2.75) is 6.54 Å². The van der Waals surface area contributed by atoms with Crippen LogP contribution in [0.15, 0.2) is 36.4 Å². The van der Waals surface area contributed by atoms with Gasteiger partial charge in [-0.3, -0.25) is 10.1 Å². The maximum absolute atomic E-state index is 12.3. The van der Waals surface area contributed by atoms with Gasteiger partial charge in [0.15, 0.2) is 0 Å². The Balaban J connectivity index is 2.11. The summed E-state index contributed by atoms with van der Waals surface area (Å²) in [6.07, 6.45) is 0. The third-order valence-corrected chi connectivity index (χ3v) is 3.95. The van der Waals surface area contributed by atoms with E-state index in [0.29, 0.717) is 10.8 Å². The number of hydrogen-bond donors (Lipinski definition) is 1. The van der Waals surface area contributed by atoms with Gasteiger partial charge in [0.2, 0.25) is 0 Å². The largest absolute Gasteiger partial charge is 0.496 e. The molecule has 0 heterocycles. The van der Waals surface area contributed by atoms with Crippen LogP contribution in [0.3, 0.4) is 0 Å². The van der Waals surface area contributed by atoms with Crippen molar-refractivity contribution in [1.82, 2.24) is 4.90 Å². The molecule has 0 unspecified atom stereocenters. The number of nitro groups is 1. The second kappa shape index (κ2) is 8.04. The van der Waals surface area contributed by atoms with Gasteiger partial charge in [0.1, 0.15) is 5.75 Å². The standard InChI is InChI=1S/C16H15Cl2N3O4/c1-20(9-10-7-11(17)3-6-15(10)25-2)16(22)19-14-5-4-12(21(23)24)8-13(14)18/h3-8H,9H2,1-2H3,(H,19,22). The van der Waals surface area contributed by atoms with Crippen LogP contribution in [0.2, 0.25) is 10.0 Å². The molecule has 0 radical (unpaired) electrons. The minimum atomic E-state index is -0.560. The first-order valence-corrected chi connectivity index (χ1v) is 7.86. The fourth-order valence-electron chi connectivity index (χ4n) is 2.13. The predicted octanol–water partition coefficient (Wildman–Crippen LogP) is 4.57. The molecule has 0 fully saturated rings. The van der Waals surface area contributed by atoms with Crippen LogP contribution >= 0.6 is 23.2 Å². The molecule has 0 atom stereocenters. The van der Waals surface area contributed by atoms with E-state index < -0.39 is 11.0 Å². The maximum Gasteiger partial charge on any atom is 0.321 e. The van der Waals surface area contributed by atoms with Gasteiger partial charge in [-0.1, -0.05) is 23.2 Å². The molecular formula is C16H15Cl2N3O4. The third kappa shape index (κ3) is 4.74. The lowest BCUT2D eigenvalue weighted by molar-refractivity contribution is -0.384. The minimum absolute atomic E-state index is 0.0799. The molecule has 25 heavy (non-hydrogen) atoms. The van der Waals surface area contributed by atoms with Crippen LogP contribution in [-0.2, 0) is 6.54 Å². The number of benzene rings is 2. The van der Waals surface area contributed by atoms with E-state index >= 15 is 0 Å². The van der Waals surface area contributed by atoms with Crippen LogP contribution in [-0.4, -0.2) is 30.0 Å². The molecule has 0 aliphatic rings. The molecule has 132 valence electrons. The number of carbonyl (C=O) groups is 1. The molecule has 0 aromatic heterocycles. The van der Waals surface area contributed by atoms with Gasteiger partial charge in [-0.05, 0) is 24.3 Å². The van der Waals surface area contributed by atoms with E-state index in [1.165, 1.54) is 30.2 Å². The molecule has 2 rings (SSSR count). The highest BCUT2D eigenvalue weighted by molar-refractivity contribution is 6.34. The number of rotatable bonds is 5. The number of nitro benzene ring substituents is 1. The topological polar surface area (TPSA) is 84.7 Å². The minimum Gasteiger partial charge on any atom is -0.496 e. The number of ether oxygens (including phenoxy) is 1. The molecule has 9 heteroatoms. The number of amides is 2. The van der Waals surface area contributed by atoms with Gasteiger partial charge < -0.3 is 15.0 Å². The molecule has 0 saturated carbocycles. The molecule has 1 N–H and O–H groups in total. The zero-order valence-electron chi connectivity index (χ0n) is 13.5.